The molecule has 3 aromatic rings. The van der Waals surface area contributed by atoms with Gasteiger partial charge in [-0.2, -0.15) is 4.98 Å². The van der Waals surface area contributed by atoms with E-state index in [1.807, 2.05) is 12.1 Å². The summed E-state index contributed by atoms with van der Waals surface area (Å²) in [7, 11) is 2.11. The van der Waals surface area contributed by atoms with Crippen LogP contribution in [0.2, 0.25) is 0 Å². The quantitative estimate of drug-likeness (QED) is 0.587. The molecule has 6 nitrogen and oxygen atoms in total. The predicted octanol–water partition coefficient (Wildman–Crippen LogP) is 3.86. The van der Waals surface area contributed by atoms with Gasteiger partial charge in [0, 0.05) is 52.2 Å². The van der Waals surface area contributed by atoms with Crippen LogP contribution in [-0.2, 0) is 19.5 Å². The molecule has 0 unspecified atom stereocenters. The first-order chi connectivity index (χ1) is 16.0. The van der Waals surface area contributed by atoms with Crippen LogP contribution in [0.4, 0.5) is 14.7 Å². The van der Waals surface area contributed by atoms with Crippen LogP contribution < -0.4 is 9.64 Å². The van der Waals surface area contributed by atoms with Crippen molar-refractivity contribution in [2.45, 2.75) is 19.5 Å². The van der Waals surface area contributed by atoms with E-state index in [4.69, 9.17) is 14.7 Å². The van der Waals surface area contributed by atoms with E-state index in [0.717, 1.165) is 56.0 Å². The Hall–Kier alpha value is -3.10. The smallest absolute Gasteiger partial charge is 0.228 e. The first-order valence-electron chi connectivity index (χ1n) is 11.3. The van der Waals surface area contributed by atoms with Crippen molar-refractivity contribution in [1.29, 1.82) is 0 Å². The number of halogens is 2. The Bertz CT molecular complexity index is 1100. The van der Waals surface area contributed by atoms with Crippen LogP contribution in [0.5, 0.6) is 11.6 Å². The van der Waals surface area contributed by atoms with E-state index >= 15 is 0 Å². The third-order valence-electron chi connectivity index (χ3n) is 6.22. The minimum Gasteiger partial charge on any atom is -0.438 e. The standard InChI is InChI=1S/C25H27F2N5O/c1-30-12-14-32(15-13-30)25-28-23-10-11-31(16-18-2-4-19(26)5-3-18)17-22(23)24(29-25)33-21-8-6-20(27)7-9-21/h2-9H,10-17H2,1H3. The molecule has 0 amide bonds. The minimum atomic E-state index is -0.310. The number of anilines is 1. The van der Waals surface area contributed by atoms with Gasteiger partial charge in [0.25, 0.3) is 0 Å². The second-order valence-electron chi connectivity index (χ2n) is 8.69. The molecule has 33 heavy (non-hydrogen) atoms. The van der Waals surface area contributed by atoms with Crippen molar-refractivity contribution in [3.05, 3.63) is 77.0 Å². The van der Waals surface area contributed by atoms with Crippen LogP contribution in [-0.4, -0.2) is 59.5 Å². The molecule has 3 heterocycles. The summed E-state index contributed by atoms with van der Waals surface area (Å²) in [5, 5.41) is 0. The average molecular weight is 452 g/mol. The number of fused-ring (bicyclic) bond motifs is 1. The molecule has 0 radical (unpaired) electrons. The molecular formula is C25H27F2N5O. The fourth-order valence-corrected chi connectivity index (χ4v) is 4.26. The summed E-state index contributed by atoms with van der Waals surface area (Å²) in [5.41, 5.74) is 2.99. The third kappa shape index (κ3) is 5.12. The van der Waals surface area contributed by atoms with E-state index in [1.165, 1.54) is 24.3 Å². The molecule has 0 saturated carbocycles. The Kier molecular flexibility index (Phi) is 6.20. The summed E-state index contributed by atoms with van der Waals surface area (Å²) in [5.74, 6) is 1.20. The highest BCUT2D eigenvalue weighted by Crippen LogP contribution is 2.32. The summed E-state index contributed by atoms with van der Waals surface area (Å²) in [6.45, 7) is 5.83. The van der Waals surface area contributed by atoms with Crippen molar-refractivity contribution in [3.63, 3.8) is 0 Å². The Labute approximate surface area is 192 Å². The maximum absolute atomic E-state index is 13.4. The SMILES string of the molecule is CN1CCN(c2nc3c(c(Oc4ccc(F)cc4)n2)CN(Cc2ccc(F)cc2)CC3)CC1. The van der Waals surface area contributed by atoms with Gasteiger partial charge < -0.3 is 14.5 Å². The molecule has 8 heteroatoms. The zero-order chi connectivity index (χ0) is 22.8. The van der Waals surface area contributed by atoms with E-state index in [-0.39, 0.29) is 11.6 Å². The maximum atomic E-state index is 13.4. The van der Waals surface area contributed by atoms with Crippen molar-refractivity contribution in [2.75, 3.05) is 44.7 Å². The van der Waals surface area contributed by atoms with E-state index in [2.05, 4.69) is 21.7 Å². The van der Waals surface area contributed by atoms with Crippen molar-refractivity contribution in [1.82, 2.24) is 19.8 Å². The number of nitrogens with zero attached hydrogens (tertiary/aromatic N) is 5. The normalized spacial score (nSPS) is 17.1. The molecule has 0 atom stereocenters. The summed E-state index contributed by atoms with van der Waals surface area (Å²) in [4.78, 5) is 16.5. The number of benzene rings is 2. The molecule has 2 aliphatic rings. The number of hydrogen-bond donors (Lipinski definition) is 0. The number of likely N-dealkylation sites (N-methyl/N-ethyl adjacent to an activating group) is 1. The molecule has 0 spiro atoms. The van der Waals surface area contributed by atoms with E-state index < -0.39 is 0 Å². The number of ether oxygens (including phenoxy) is 1. The lowest BCUT2D eigenvalue weighted by molar-refractivity contribution is 0.238. The summed E-state index contributed by atoms with van der Waals surface area (Å²) in [6, 6.07) is 12.6. The zero-order valence-electron chi connectivity index (χ0n) is 18.7. The molecule has 5 rings (SSSR count). The Morgan fingerprint density at radius 3 is 2.21 bits per heavy atom. The molecule has 0 bridgehead atoms. The molecule has 0 N–H and O–H groups in total. The molecule has 0 aliphatic carbocycles. The third-order valence-corrected chi connectivity index (χ3v) is 6.22. The van der Waals surface area contributed by atoms with Crippen molar-refractivity contribution >= 4 is 5.95 Å². The Morgan fingerprint density at radius 1 is 0.848 bits per heavy atom. The first kappa shape index (κ1) is 21.7. The monoisotopic (exact) mass is 451 g/mol. The molecule has 1 saturated heterocycles. The summed E-state index contributed by atoms with van der Waals surface area (Å²) < 4.78 is 32.8. The van der Waals surface area contributed by atoms with Gasteiger partial charge in [0.15, 0.2) is 0 Å². The molecular weight excluding hydrogens is 424 g/mol. The minimum absolute atomic E-state index is 0.234. The van der Waals surface area contributed by atoms with Crippen LogP contribution >= 0.6 is 0 Å². The van der Waals surface area contributed by atoms with Gasteiger partial charge >= 0.3 is 0 Å². The molecule has 2 aromatic carbocycles. The van der Waals surface area contributed by atoms with Crippen LogP contribution in [0.15, 0.2) is 48.5 Å². The van der Waals surface area contributed by atoms with E-state index in [9.17, 15) is 8.78 Å². The molecule has 1 aromatic heterocycles. The van der Waals surface area contributed by atoms with Crippen molar-refractivity contribution in [2.24, 2.45) is 0 Å². The van der Waals surface area contributed by atoms with Gasteiger partial charge in [0.1, 0.15) is 17.4 Å². The van der Waals surface area contributed by atoms with Crippen molar-refractivity contribution < 1.29 is 13.5 Å². The number of aromatic nitrogens is 2. The van der Waals surface area contributed by atoms with Crippen molar-refractivity contribution in [3.8, 4) is 11.6 Å². The van der Waals surface area contributed by atoms with Gasteiger partial charge in [-0.3, -0.25) is 4.90 Å². The lowest BCUT2D eigenvalue weighted by atomic mass is 10.1. The average Bonchev–Trinajstić information content (AvgIpc) is 2.82. The summed E-state index contributed by atoms with van der Waals surface area (Å²) >= 11 is 0. The Balaban J connectivity index is 1.43. The second kappa shape index (κ2) is 9.41. The summed E-state index contributed by atoms with van der Waals surface area (Å²) in [6.07, 6.45) is 0.777. The van der Waals surface area contributed by atoms with Crippen LogP contribution in [0, 0.1) is 11.6 Å². The number of piperazine rings is 1. The lowest BCUT2D eigenvalue weighted by Gasteiger charge is -2.34. The van der Waals surface area contributed by atoms with Gasteiger partial charge in [0.05, 0.1) is 11.3 Å². The highest BCUT2D eigenvalue weighted by molar-refractivity contribution is 5.44. The number of hydrogen-bond acceptors (Lipinski definition) is 6. The van der Waals surface area contributed by atoms with Crippen LogP contribution in [0.25, 0.3) is 0 Å². The topological polar surface area (TPSA) is 44.7 Å². The highest BCUT2D eigenvalue weighted by Gasteiger charge is 2.26. The van der Waals surface area contributed by atoms with Gasteiger partial charge in [-0.05, 0) is 49.0 Å². The fourth-order valence-electron chi connectivity index (χ4n) is 4.26. The van der Waals surface area contributed by atoms with Gasteiger partial charge in [0.2, 0.25) is 11.8 Å². The predicted molar refractivity (Wildman–Crippen MR) is 122 cm³/mol. The highest BCUT2D eigenvalue weighted by atomic mass is 19.1. The van der Waals surface area contributed by atoms with Crippen LogP contribution in [0.3, 0.4) is 0 Å². The molecule has 172 valence electrons. The van der Waals surface area contributed by atoms with Gasteiger partial charge in [-0.15, -0.1) is 0 Å². The fraction of sp³-hybridized carbons (Fsp3) is 0.360. The van der Waals surface area contributed by atoms with Gasteiger partial charge in [-0.25, -0.2) is 13.8 Å². The second-order valence-corrected chi connectivity index (χ2v) is 8.69. The molecule has 1 fully saturated rings. The number of rotatable bonds is 5. The first-order valence-corrected chi connectivity index (χ1v) is 11.3. The zero-order valence-corrected chi connectivity index (χ0v) is 18.7. The van der Waals surface area contributed by atoms with E-state index in [1.54, 1.807) is 12.1 Å². The van der Waals surface area contributed by atoms with Crippen LogP contribution in [0.1, 0.15) is 16.8 Å². The lowest BCUT2D eigenvalue weighted by Crippen LogP contribution is -2.45. The van der Waals surface area contributed by atoms with Gasteiger partial charge in [-0.1, -0.05) is 12.1 Å². The molecule has 2 aliphatic heterocycles. The Morgan fingerprint density at radius 2 is 1.52 bits per heavy atom. The maximum Gasteiger partial charge on any atom is 0.228 e. The van der Waals surface area contributed by atoms with E-state index in [0.29, 0.717) is 30.7 Å². The largest absolute Gasteiger partial charge is 0.438 e.